The Morgan fingerprint density at radius 3 is 2.88 bits per heavy atom. The summed E-state index contributed by atoms with van der Waals surface area (Å²) in [7, 11) is 0. The van der Waals surface area contributed by atoms with E-state index < -0.39 is 6.10 Å². The summed E-state index contributed by atoms with van der Waals surface area (Å²) in [4.78, 5) is 3.12. The van der Waals surface area contributed by atoms with Gasteiger partial charge in [0.25, 0.3) is 0 Å². The van der Waals surface area contributed by atoms with Crippen LogP contribution in [0.15, 0.2) is 51.7 Å². The van der Waals surface area contributed by atoms with E-state index in [4.69, 9.17) is 4.42 Å². The molecule has 0 fully saturated rings. The van der Waals surface area contributed by atoms with Crippen LogP contribution in [0.25, 0.3) is 10.9 Å². The first-order chi connectivity index (χ1) is 8.25. The SMILES string of the molecule is OC(c1ccc2[nH]ccc2c1)c1occc1Br. The van der Waals surface area contributed by atoms with E-state index in [0.29, 0.717) is 5.76 Å². The van der Waals surface area contributed by atoms with Gasteiger partial charge in [-0.3, -0.25) is 0 Å². The van der Waals surface area contributed by atoms with E-state index in [1.54, 1.807) is 12.3 Å². The van der Waals surface area contributed by atoms with Crippen LogP contribution in [-0.2, 0) is 0 Å². The molecular weight excluding hydrogens is 282 g/mol. The summed E-state index contributed by atoms with van der Waals surface area (Å²) >= 11 is 3.35. The first kappa shape index (κ1) is 10.6. The quantitative estimate of drug-likeness (QED) is 0.758. The van der Waals surface area contributed by atoms with Gasteiger partial charge in [0.1, 0.15) is 6.10 Å². The number of furan rings is 1. The van der Waals surface area contributed by atoms with Crippen LogP contribution < -0.4 is 0 Å². The Labute approximate surface area is 106 Å². The number of aliphatic hydroxyl groups excluding tert-OH is 1. The van der Waals surface area contributed by atoms with E-state index in [-0.39, 0.29) is 0 Å². The predicted octanol–water partition coefficient (Wildman–Crippen LogP) is 3.61. The maximum Gasteiger partial charge on any atom is 0.150 e. The summed E-state index contributed by atoms with van der Waals surface area (Å²) in [6.45, 7) is 0. The summed E-state index contributed by atoms with van der Waals surface area (Å²) in [5, 5.41) is 11.3. The fourth-order valence-electron chi connectivity index (χ4n) is 1.89. The zero-order valence-electron chi connectivity index (χ0n) is 8.85. The number of aromatic nitrogens is 1. The van der Waals surface area contributed by atoms with Crippen LogP contribution in [0.1, 0.15) is 17.4 Å². The van der Waals surface area contributed by atoms with Crippen molar-refractivity contribution in [1.82, 2.24) is 4.98 Å². The minimum atomic E-state index is -0.751. The minimum Gasteiger partial charge on any atom is -0.465 e. The second kappa shape index (κ2) is 4.05. The van der Waals surface area contributed by atoms with E-state index in [1.807, 2.05) is 30.5 Å². The van der Waals surface area contributed by atoms with Crippen molar-refractivity contribution >= 4 is 26.8 Å². The Bertz CT molecular complexity index is 656. The predicted molar refractivity (Wildman–Crippen MR) is 68.8 cm³/mol. The molecular formula is C13H10BrNO2. The lowest BCUT2D eigenvalue weighted by atomic mass is 10.1. The number of hydrogen-bond donors (Lipinski definition) is 2. The standard InChI is InChI=1S/C13H10BrNO2/c14-10-4-6-17-13(10)12(16)9-1-2-11-8(7-9)3-5-15-11/h1-7,12,15-16H. The van der Waals surface area contributed by atoms with E-state index in [9.17, 15) is 5.11 Å². The smallest absolute Gasteiger partial charge is 0.150 e. The average molecular weight is 292 g/mol. The van der Waals surface area contributed by atoms with E-state index in [1.165, 1.54) is 0 Å². The molecule has 0 radical (unpaired) electrons. The maximum absolute atomic E-state index is 10.2. The van der Waals surface area contributed by atoms with E-state index in [2.05, 4.69) is 20.9 Å². The number of hydrogen-bond acceptors (Lipinski definition) is 2. The average Bonchev–Trinajstić information content (AvgIpc) is 2.95. The van der Waals surface area contributed by atoms with Crippen molar-refractivity contribution < 1.29 is 9.52 Å². The first-order valence-electron chi connectivity index (χ1n) is 5.24. The lowest BCUT2D eigenvalue weighted by molar-refractivity contribution is 0.188. The molecule has 1 atom stereocenters. The number of aliphatic hydroxyl groups is 1. The molecule has 0 spiro atoms. The van der Waals surface area contributed by atoms with E-state index in [0.717, 1.165) is 20.9 Å². The van der Waals surface area contributed by atoms with Crippen molar-refractivity contribution in [3.63, 3.8) is 0 Å². The molecule has 0 saturated carbocycles. The Balaban J connectivity index is 2.06. The van der Waals surface area contributed by atoms with Crippen LogP contribution in [0.2, 0.25) is 0 Å². The van der Waals surface area contributed by atoms with Crippen LogP contribution in [0.4, 0.5) is 0 Å². The van der Waals surface area contributed by atoms with Crippen molar-refractivity contribution in [2.45, 2.75) is 6.10 Å². The Hall–Kier alpha value is -1.52. The molecule has 4 heteroatoms. The molecule has 3 nitrogen and oxygen atoms in total. The Morgan fingerprint density at radius 2 is 2.12 bits per heavy atom. The van der Waals surface area contributed by atoms with Gasteiger partial charge in [-0.1, -0.05) is 6.07 Å². The van der Waals surface area contributed by atoms with Crippen molar-refractivity contribution in [3.8, 4) is 0 Å². The van der Waals surface area contributed by atoms with Gasteiger partial charge >= 0.3 is 0 Å². The van der Waals surface area contributed by atoms with Crippen LogP contribution in [0.3, 0.4) is 0 Å². The number of fused-ring (bicyclic) bond motifs is 1. The number of rotatable bonds is 2. The van der Waals surface area contributed by atoms with Gasteiger partial charge in [0.05, 0.1) is 10.7 Å². The molecule has 1 aromatic carbocycles. The van der Waals surface area contributed by atoms with Gasteiger partial charge in [-0.05, 0) is 51.1 Å². The summed E-state index contributed by atoms with van der Waals surface area (Å²) in [6.07, 6.45) is 2.68. The third-order valence-corrected chi connectivity index (χ3v) is 3.44. The largest absolute Gasteiger partial charge is 0.465 e. The monoisotopic (exact) mass is 291 g/mol. The van der Waals surface area contributed by atoms with Crippen molar-refractivity contribution in [2.24, 2.45) is 0 Å². The lowest BCUT2D eigenvalue weighted by Crippen LogP contribution is -1.98. The maximum atomic E-state index is 10.2. The third kappa shape index (κ3) is 1.79. The second-order valence-corrected chi connectivity index (χ2v) is 4.71. The molecule has 17 heavy (non-hydrogen) atoms. The highest BCUT2D eigenvalue weighted by Crippen LogP contribution is 2.30. The number of halogens is 1. The second-order valence-electron chi connectivity index (χ2n) is 3.86. The van der Waals surface area contributed by atoms with Crippen LogP contribution in [0, 0.1) is 0 Å². The fraction of sp³-hybridized carbons (Fsp3) is 0.0769. The van der Waals surface area contributed by atoms with Crippen molar-refractivity contribution in [2.75, 3.05) is 0 Å². The van der Waals surface area contributed by atoms with Gasteiger partial charge in [-0.25, -0.2) is 0 Å². The third-order valence-electron chi connectivity index (χ3n) is 2.79. The lowest BCUT2D eigenvalue weighted by Gasteiger charge is -2.09. The fourth-order valence-corrected chi connectivity index (χ4v) is 2.31. The first-order valence-corrected chi connectivity index (χ1v) is 6.03. The summed E-state index contributed by atoms with van der Waals surface area (Å²) in [5.41, 5.74) is 1.87. The summed E-state index contributed by atoms with van der Waals surface area (Å²) in [6, 6.07) is 9.53. The number of H-pyrrole nitrogens is 1. The summed E-state index contributed by atoms with van der Waals surface area (Å²) < 4.78 is 6.05. The molecule has 86 valence electrons. The van der Waals surface area contributed by atoms with Gasteiger partial charge < -0.3 is 14.5 Å². The molecule has 0 aliphatic carbocycles. The zero-order chi connectivity index (χ0) is 11.8. The molecule has 0 amide bonds. The van der Waals surface area contributed by atoms with Gasteiger partial charge in [-0.2, -0.15) is 0 Å². The Morgan fingerprint density at radius 1 is 1.24 bits per heavy atom. The highest BCUT2D eigenvalue weighted by Gasteiger charge is 2.17. The van der Waals surface area contributed by atoms with Gasteiger partial charge in [-0.15, -0.1) is 0 Å². The summed E-state index contributed by atoms with van der Waals surface area (Å²) in [5.74, 6) is 0.528. The van der Waals surface area contributed by atoms with Gasteiger partial charge in [0, 0.05) is 11.7 Å². The molecule has 0 aliphatic rings. The highest BCUT2D eigenvalue weighted by atomic mass is 79.9. The number of benzene rings is 1. The molecule has 2 heterocycles. The van der Waals surface area contributed by atoms with Crippen molar-refractivity contribution in [3.05, 3.63) is 58.6 Å². The van der Waals surface area contributed by atoms with Crippen molar-refractivity contribution in [1.29, 1.82) is 0 Å². The van der Waals surface area contributed by atoms with E-state index >= 15 is 0 Å². The normalized spacial score (nSPS) is 13.1. The molecule has 2 N–H and O–H groups in total. The van der Waals surface area contributed by atoms with Gasteiger partial charge in [0.15, 0.2) is 5.76 Å². The van der Waals surface area contributed by atoms with Crippen LogP contribution in [0.5, 0.6) is 0 Å². The molecule has 2 aromatic heterocycles. The molecule has 0 bridgehead atoms. The number of nitrogens with one attached hydrogen (secondary N) is 1. The molecule has 1 unspecified atom stereocenters. The van der Waals surface area contributed by atoms with Crippen LogP contribution in [-0.4, -0.2) is 10.1 Å². The molecule has 0 aliphatic heterocycles. The zero-order valence-corrected chi connectivity index (χ0v) is 10.4. The topological polar surface area (TPSA) is 49.2 Å². The molecule has 3 rings (SSSR count). The highest BCUT2D eigenvalue weighted by molar-refractivity contribution is 9.10. The molecule has 0 saturated heterocycles. The molecule has 3 aromatic rings. The van der Waals surface area contributed by atoms with Gasteiger partial charge in [0.2, 0.25) is 0 Å². The number of aromatic amines is 1. The minimum absolute atomic E-state index is 0.528. The van der Waals surface area contributed by atoms with Crippen LogP contribution >= 0.6 is 15.9 Å². The Kier molecular flexibility index (Phi) is 2.53.